The van der Waals surface area contributed by atoms with E-state index in [0.717, 1.165) is 23.6 Å². The monoisotopic (exact) mass is 236 g/mol. The van der Waals surface area contributed by atoms with Crippen molar-refractivity contribution in [3.05, 3.63) is 17.8 Å². The predicted octanol–water partition coefficient (Wildman–Crippen LogP) is 1.75. The van der Waals surface area contributed by atoms with Gasteiger partial charge in [0.2, 0.25) is 0 Å². The average molecular weight is 236 g/mol. The third kappa shape index (κ3) is 2.09. The van der Waals surface area contributed by atoms with Gasteiger partial charge < -0.3 is 14.7 Å². The van der Waals surface area contributed by atoms with E-state index in [1.165, 1.54) is 0 Å². The lowest BCUT2D eigenvalue weighted by atomic mass is 10.1. The molecule has 17 heavy (non-hydrogen) atoms. The van der Waals surface area contributed by atoms with E-state index >= 15 is 0 Å². The number of hydrogen-bond acceptors (Lipinski definition) is 4. The first-order chi connectivity index (χ1) is 8.25. The molecular weight excluding hydrogens is 216 g/mol. The van der Waals surface area contributed by atoms with Crippen LogP contribution in [0.1, 0.15) is 25.8 Å². The molecule has 0 aliphatic carbocycles. The van der Waals surface area contributed by atoms with Crippen LogP contribution >= 0.6 is 0 Å². The van der Waals surface area contributed by atoms with E-state index in [9.17, 15) is 5.11 Å². The molecule has 0 radical (unpaired) electrons. The van der Waals surface area contributed by atoms with Gasteiger partial charge in [-0.1, -0.05) is 13.8 Å². The van der Waals surface area contributed by atoms with E-state index in [-0.39, 0.29) is 6.10 Å². The van der Waals surface area contributed by atoms with Crippen LogP contribution < -0.4 is 9.64 Å². The van der Waals surface area contributed by atoms with Crippen LogP contribution in [-0.4, -0.2) is 35.4 Å². The molecule has 2 unspecified atom stereocenters. The number of hydrogen-bond donors (Lipinski definition) is 1. The van der Waals surface area contributed by atoms with E-state index in [4.69, 9.17) is 4.74 Å². The van der Waals surface area contributed by atoms with Gasteiger partial charge in [0.25, 0.3) is 0 Å². The molecule has 3 heterocycles. The van der Waals surface area contributed by atoms with Gasteiger partial charge in [-0.2, -0.15) is 0 Å². The third-order valence-electron chi connectivity index (χ3n) is 3.17. The standard InChI is InChI=1S/C11H14N2O2.C2H6/c1-7-2-3-12-11-10(7)15-6-8-4-9(14)5-13(8)11;1-2/h2-3,8-9,14H,4-6H2,1H3;1-2H3. The molecular formula is C13H20N2O2. The van der Waals surface area contributed by atoms with Gasteiger partial charge in [0.15, 0.2) is 11.6 Å². The molecule has 2 atom stereocenters. The molecule has 2 aliphatic heterocycles. The van der Waals surface area contributed by atoms with Crippen LogP contribution in [0.2, 0.25) is 0 Å². The molecule has 4 nitrogen and oxygen atoms in total. The van der Waals surface area contributed by atoms with Crippen LogP contribution in [0.25, 0.3) is 0 Å². The maximum Gasteiger partial charge on any atom is 0.172 e. The van der Waals surface area contributed by atoms with Gasteiger partial charge in [-0.05, 0) is 25.0 Å². The number of aliphatic hydroxyl groups is 1. The van der Waals surface area contributed by atoms with Gasteiger partial charge in [-0.25, -0.2) is 4.98 Å². The first-order valence-electron chi connectivity index (χ1n) is 6.29. The van der Waals surface area contributed by atoms with E-state index in [1.54, 1.807) is 6.20 Å². The Morgan fingerprint density at radius 2 is 2.24 bits per heavy atom. The Morgan fingerprint density at radius 1 is 1.47 bits per heavy atom. The number of aromatic nitrogens is 1. The SMILES string of the molecule is CC.Cc1ccnc2c1OCC1CC(O)CN21. The molecule has 1 fully saturated rings. The second-order valence-corrected chi connectivity index (χ2v) is 4.29. The molecule has 0 bridgehead atoms. The van der Waals surface area contributed by atoms with Gasteiger partial charge in [0.1, 0.15) is 6.61 Å². The summed E-state index contributed by atoms with van der Waals surface area (Å²) in [4.78, 5) is 6.51. The third-order valence-corrected chi connectivity index (χ3v) is 3.17. The highest BCUT2D eigenvalue weighted by molar-refractivity contribution is 5.59. The normalized spacial score (nSPS) is 25.3. The number of rotatable bonds is 0. The largest absolute Gasteiger partial charge is 0.487 e. The Balaban J connectivity index is 0.000000514. The van der Waals surface area contributed by atoms with Gasteiger partial charge in [0.05, 0.1) is 12.1 Å². The zero-order valence-corrected chi connectivity index (χ0v) is 10.7. The summed E-state index contributed by atoms with van der Waals surface area (Å²) in [5.41, 5.74) is 1.11. The Morgan fingerprint density at radius 3 is 3.00 bits per heavy atom. The van der Waals surface area contributed by atoms with E-state index in [1.807, 2.05) is 26.8 Å². The molecule has 0 spiro atoms. The minimum absolute atomic E-state index is 0.244. The topological polar surface area (TPSA) is 45.6 Å². The van der Waals surface area contributed by atoms with Crippen molar-refractivity contribution < 1.29 is 9.84 Å². The Hall–Kier alpha value is -1.29. The Labute approximate surface area is 102 Å². The zero-order valence-electron chi connectivity index (χ0n) is 10.7. The highest BCUT2D eigenvalue weighted by Crippen LogP contribution is 2.37. The fourth-order valence-corrected chi connectivity index (χ4v) is 2.40. The summed E-state index contributed by atoms with van der Waals surface area (Å²) in [7, 11) is 0. The van der Waals surface area contributed by atoms with Crippen molar-refractivity contribution in [2.45, 2.75) is 39.3 Å². The number of ether oxygens (including phenoxy) is 1. The molecule has 2 aliphatic rings. The Bertz CT molecular complexity index is 395. The lowest BCUT2D eigenvalue weighted by Gasteiger charge is -2.32. The first kappa shape index (κ1) is 12.2. The van der Waals surface area contributed by atoms with Crippen molar-refractivity contribution in [1.82, 2.24) is 4.98 Å². The van der Waals surface area contributed by atoms with E-state index < -0.39 is 0 Å². The van der Waals surface area contributed by atoms with Crippen LogP contribution in [0.4, 0.5) is 5.82 Å². The lowest BCUT2D eigenvalue weighted by Crippen LogP contribution is -2.39. The summed E-state index contributed by atoms with van der Waals surface area (Å²) < 4.78 is 5.70. The van der Waals surface area contributed by atoms with Crippen molar-refractivity contribution in [2.24, 2.45) is 0 Å². The molecule has 4 heteroatoms. The second kappa shape index (κ2) is 4.92. The number of anilines is 1. The van der Waals surface area contributed by atoms with Crippen molar-refractivity contribution in [3.63, 3.8) is 0 Å². The minimum Gasteiger partial charge on any atom is -0.487 e. The fraction of sp³-hybridized carbons (Fsp3) is 0.615. The van der Waals surface area contributed by atoms with Crippen LogP contribution in [0, 0.1) is 6.92 Å². The summed E-state index contributed by atoms with van der Waals surface area (Å²) in [6.45, 7) is 7.36. The molecule has 1 aromatic rings. The maximum atomic E-state index is 9.63. The minimum atomic E-state index is -0.244. The van der Waals surface area contributed by atoms with Crippen LogP contribution in [0.5, 0.6) is 5.75 Å². The molecule has 0 amide bonds. The highest BCUT2D eigenvalue weighted by atomic mass is 16.5. The summed E-state index contributed by atoms with van der Waals surface area (Å²) in [5, 5.41) is 9.63. The molecule has 1 saturated heterocycles. The average Bonchev–Trinajstić information content (AvgIpc) is 2.73. The van der Waals surface area contributed by atoms with Gasteiger partial charge in [-0.15, -0.1) is 0 Å². The Kier molecular flexibility index (Phi) is 3.52. The maximum absolute atomic E-state index is 9.63. The quantitative estimate of drug-likeness (QED) is 0.745. The summed E-state index contributed by atoms with van der Waals surface area (Å²) in [6.07, 6.45) is 2.34. The van der Waals surface area contributed by atoms with Crippen molar-refractivity contribution in [1.29, 1.82) is 0 Å². The molecule has 1 aromatic heterocycles. The molecule has 3 rings (SSSR count). The summed E-state index contributed by atoms with van der Waals surface area (Å²) in [6, 6.07) is 2.24. The van der Waals surface area contributed by atoms with Gasteiger partial charge in [0, 0.05) is 12.7 Å². The van der Waals surface area contributed by atoms with Crippen LogP contribution in [0.3, 0.4) is 0 Å². The number of pyridine rings is 1. The summed E-state index contributed by atoms with van der Waals surface area (Å²) in [5.74, 6) is 1.77. The van der Waals surface area contributed by atoms with Gasteiger partial charge >= 0.3 is 0 Å². The molecule has 94 valence electrons. The van der Waals surface area contributed by atoms with Crippen molar-refractivity contribution in [2.75, 3.05) is 18.1 Å². The fourth-order valence-electron chi connectivity index (χ4n) is 2.40. The smallest absolute Gasteiger partial charge is 0.172 e. The van der Waals surface area contributed by atoms with Crippen molar-refractivity contribution in [3.8, 4) is 5.75 Å². The van der Waals surface area contributed by atoms with Crippen molar-refractivity contribution >= 4 is 5.82 Å². The van der Waals surface area contributed by atoms with Gasteiger partial charge in [-0.3, -0.25) is 0 Å². The second-order valence-electron chi connectivity index (χ2n) is 4.29. The molecule has 1 N–H and O–H groups in total. The zero-order chi connectivity index (χ0) is 12.4. The number of fused-ring (bicyclic) bond motifs is 3. The summed E-state index contributed by atoms with van der Waals surface area (Å²) >= 11 is 0. The van der Waals surface area contributed by atoms with Crippen LogP contribution in [0.15, 0.2) is 12.3 Å². The first-order valence-corrected chi connectivity index (χ1v) is 6.29. The number of aliphatic hydroxyl groups excluding tert-OH is 1. The number of aryl methyl sites for hydroxylation is 1. The van der Waals surface area contributed by atoms with E-state index in [2.05, 4.69) is 9.88 Å². The predicted molar refractivity (Wildman–Crippen MR) is 67.6 cm³/mol. The van der Waals surface area contributed by atoms with E-state index in [0.29, 0.717) is 19.2 Å². The molecule has 0 saturated carbocycles. The lowest BCUT2D eigenvalue weighted by molar-refractivity contribution is 0.187. The van der Waals surface area contributed by atoms with Crippen LogP contribution in [-0.2, 0) is 0 Å². The molecule has 0 aromatic carbocycles. The number of nitrogens with zero attached hydrogens (tertiary/aromatic N) is 2. The highest BCUT2D eigenvalue weighted by Gasteiger charge is 2.37.